The van der Waals surface area contributed by atoms with Gasteiger partial charge in [-0.2, -0.15) is 0 Å². The number of ether oxygens (including phenoxy) is 1. The molecule has 6 heteroatoms. The Balaban J connectivity index is 2.41. The van der Waals surface area contributed by atoms with Crippen molar-refractivity contribution in [3.8, 4) is 0 Å². The van der Waals surface area contributed by atoms with E-state index in [9.17, 15) is 19.5 Å². The maximum atomic E-state index is 12.6. The molecule has 23 heavy (non-hydrogen) atoms. The highest BCUT2D eigenvalue weighted by molar-refractivity contribution is 6.27. The number of aliphatic hydroxyl groups is 1. The number of allylic oxidation sites excluding steroid dienone is 2. The van der Waals surface area contributed by atoms with E-state index in [4.69, 9.17) is 4.42 Å². The van der Waals surface area contributed by atoms with Crippen LogP contribution in [0.1, 0.15) is 26.0 Å². The Morgan fingerprint density at radius 2 is 2.13 bits per heavy atom. The number of hydrogen-bond donors (Lipinski definition) is 1. The molecule has 0 spiro atoms. The number of rotatable bonds is 3. The molecule has 1 atom stereocenters. The molecule has 0 unspecified atom stereocenters. The molecule has 0 radical (unpaired) electrons. The Hall–Kier alpha value is -2.63. The van der Waals surface area contributed by atoms with Gasteiger partial charge in [-0.1, -0.05) is 13.8 Å². The smallest absolute Gasteiger partial charge is 0.317 e. The monoisotopic (exact) mass is 318 g/mol. The normalized spacial score (nSPS) is 23.2. The summed E-state index contributed by atoms with van der Waals surface area (Å²) in [5.74, 6) is -3.09. The Morgan fingerprint density at radius 3 is 2.70 bits per heavy atom. The maximum absolute atomic E-state index is 12.6. The summed E-state index contributed by atoms with van der Waals surface area (Å²) in [5.41, 5.74) is -1.24. The van der Waals surface area contributed by atoms with Crippen LogP contribution in [0.25, 0.3) is 6.08 Å². The summed E-state index contributed by atoms with van der Waals surface area (Å²) in [7, 11) is 1.18. The molecule has 0 bridgehead atoms. The van der Waals surface area contributed by atoms with E-state index in [2.05, 4.69) is 4.74 Å². The van der Waals surface area contributed by atoms with Gasteiger partial charge < -0.3 is 14.3 Å². The molecular formula is C17H18O6. The fourth-order valence-electron chi connectivity index (χ4n) is 2.68. The molecule has 0 saturated heterocycles. The van der Waals surface area contributed by atoms with Crippen LogP contribution in [0.3, 0.4) is 0 Å². The van der Waals surface area contributed by atoms with Gasteiger partial charge in [0.1, 0.15) is 23.0 Å². The fraction of sp³-hybridized carbons (Fsp3) is 0.353. The van der Waals surface area contributed by atoms with Crippen LogP contribution < -0.4 is 0 Å². The lowest BCUT2D eigenvalue weighted by atomic mass is 9.65. The number of Topliss-reactive ketones (excluding diaryl/α,β-unsaturated/α-hetero) is 2. The van der Waals surface area contributed by atoms with E-state index in [-0.39, 0.29) is 12.0 Å². The van der Waals surface area contributed by atoms with Crippen LogP contribution in [-0.4, -0.2) is 29.8 Å². The second-order valence-electron chi connectivity index (χ2n) is 6.02. The van der Waals surface area contributed by atoms with Gasteiger partial charge in [0, 0.05) is 6.42 Å². The second kappa shape index (κ2) is 6.24. The van der Waals surface area contributed by atoms with E-state index in [0.717, 1.165) is 0 Å². The average molecular weight is 318 g/mol. The summed E-state index contributed by atoms with van der Waals surface area (Å²) >= 11 is 0. The minimum Gasteiger partial charge on any atom is -0.507 e. The van der Waals surface area contributed by atoms with Gasteiger partial charge in [-0.15, -0.1) is 0 Å². The van der Waals surface area contributed by atoms with Crippen molar-refractivity contribution in [3.63, 3.8) is 0 Å². The Kier molecular flexibility index (Phi) is 4.54. The van der Waals surface area contributed by atoms with E-state index in [1.54, 1.807) is 26.0 Å². The Labute approximate surface area is 133 Å². The average Bonchev–Trinajstić information content (AvgIpc) is 2.96. The highest BCUT2D eigenvalue weighted by Gasteiger charge is 2.50. The molecule has 1 fully saturated rings. The van der Waals surface area contributed by atoms with Crippen molar-refractivity contribution in [3.05, 3.63) is 41.6 Å². The summed E-state index contributed by atoms with van der Waals surface area (Å²) in [6.07, 6.45) is 4.05. The predicted molar refractivity (Wildman–Crippen MR) is 81.3 cm³/mol. The summed E-state index contributed by atoms with van der Waals surface area (Å²) < 4.78 is 9.74. The molecule has 1 saturated carbocycles. The number of aliphatic hydroxyl groups excluding tert-OH is 1. The van der Waals surface area contributed by atoms with Crippen LogP contribution in [0.4, 0.5) is 0 Å². The van der Waals surface area contributed by atoms with Crippen molar-refractivity contribution in [2.45, 2.75) is 20.3 Å². The minimum atomic E-state index is -1.13. The van der Waals surface area contributed by atoms with E-state index < -0.39 is 34.6 Å². The fourth-order valence-corrected chi connectivity index (χ4v) is 2.68. The number of esters is 1. The lowest BCUT2D eigenvalue weighted by molar-refractivity contribution is -0.155. The van der Waals surface area contributed by atoms with Crippen molar-refractivity contribution in [1.29, 1.82) is 0 Å². The highest BCUT2D eigenvalue weighted by atomic mass is 16.5. The van der Waals surface area contributed by atoms with Crippen LogP contribution in [0, 0.1) is 11.3 Å². The maximum Gasteiger partial charge on any atom is 0.317 e. The number of furan rings is 1. The van der Waals surface area contributed by atoms with E-state index in [1.165, 1.54) is 25.5 Å². The first-order chi connectivity index (χ1) is 10.8. The number of hydrogen-bond acceptors (Lipinski definition) is 6. The number of carbonyl (C=O) groups excluding carboxylic acids is 3. The van der Waals surface area contributed by atoms with Gasteiger partial charge in [0.15, 0.2) is 11.6 Å². The number of methoxy groups -OCH3 is 1. The number of ketones is 2. The van der Waals surface area contributed by atoms with Gasteiger partial charge in [-0.25, -0.2) is 0 Å². The van der Waals surface area contributed by atoms with Crippen molar-refractivity contribution in [1.82, 2.24) is 0 Å². The van der Waals surface area contributed by atoms with Crippen LogP contribution >= 0.6 is 0 Å². The van der Waals surface area contributed by atoms with Crippen molar-refractivity contribution >= 4 is 23.6 Å². The zero-order valence-electron chi connectivity index (χ0n) is 13.2. The molecule has 0 amide bonds. The summed E-state index contributed by atoms with van der Waals surface area (Å²) in [6, 6.07) is 3.32. The predicted octanol–water partition coefficient (Wildman–Crippen LogP) is 2.46. The molecule has 1 aliphatic rings. The van der Waals surface area contributed by atoms with Gasteiger partial charge >= 0.3 is 5.97 Å². The Morgan fingerprint density at radius 1 is 1.43 bits per heavy atom. The SMILES string of the molecule is COC(=O)[C@H]1C(=O)C(=C(O)/C=C/c2ccco2)C(=O)CC1(C)C. The third-order valence-corrected chi connectivity index (χ3v) is 3.83. The third-order valence-electron chi connectivity index (χ3n) is 3.83. The van der Waals surface area contributed by atoms with Gasteiger partial charge in [-0.3, -0.25) is 14.4 Å². The molecule has 1 N–H and O–H groups in total. The Bertz CT molecular complexity index is 691. The zero-order valence-corrected chi connectivity index (χ0v) is 13.2. The lowest BCUT2D eigenvalue weighted by Crippen LogP contribution is -2.46. The molecule has 1 aliphatic carbocycles. The summed E-state index contributed by atoms with van der Waals surface area (Å²) in [5, 5.41) is 10.1. The number of carbonyl (C=O) groups is 3. The van der Waals surface area contributed by atoms with Crippen molar-refractivity contribution < 1.29 is 28.6 Å². The van der Waals surface area contributed by atoms with Crippen LogP contribution in [0.5, 0.6) is 0 Å². The van der Waals surface area contributed by atoms with Crippen LogP contribution in [0.2, 0.25) is 0 Å². The first kappa shape index (κ1) is 16.7. The van der Waals surface area contributed by atoms with Crippen LogP contribution in [-0.2, 0) is 19.1 Å². The minimum absolute atomic E-state index is 0.0352. The quantitative estimate of drug-likeness (QED) is 0.302. The molecule has 1 aromatic rings. The lowest BCUT2D eigenvalue weighted by Gasteiger charge is -2.35. The highest BCUT2D eigenvalue weighted by Crippen LogP contribution is 2.40. The molecule has 122 valence electrons. The molecule has 6 nitrogen and oxygen atoms in total. The largest absolute Gasteiger partial charge is 0.507 e. The summed E-state index contributed by atoms with van der Waals surface area (Å²) in [4.78, 5) is 36.7. The first-order valence-corrected chi connectivity index (χ1v) is 7.08. The molecule has 0 aliphatic heterocycles. The molecule has 1 aromatic heterocycles. The van der Waals surface area contributed by atoms with Crippen LogP contribution in [0.15, 0.2) is 40.2 Å². The first-order valence-electron chi connectivity index (χ1n) is 7.08. The van der Waals surface area contributed by atoms with Gasteiger partial charge in [0.25, 0.3) is 0 Å². The molecule has 2 rings (SSSR count). The van der Waals surface area contributed by atoms with Crippen molar-refractivity contribution in [2.24, 2.45) is 11.3 Å². The van der Waals surface area contributed by atoms with Gasteiger partial charge in [0.2, 0.25) is 0 Å². The van der Waals surface area contributed by atoms with E-state index >= 15 is 0 Å². The van der Waals surface area contributed by atoms with E-state index in [1.807, 2.05) is 0 Å². The van der Waals surface area contributed by atoms with Gasteiger partial charge in [-0.05, 0) is 29.7 Å². The zero-order chi connectivity index (χ0) is 17.2. The third kappa shape index (κ3) is 3.26. The standard InChI is InChI=1S/C17H18O6/c1-17(2)9-12(19)13(15(20)14(17)16(21)22-3)11(18)7-6-10-5-4-8-23-10/h4-8,14,18H,9H2,1-3H3/b7-6+,13-11?/t14-/m1/s1. The van der Waals surface area contributed by atoms with E-state index in [0.29, 0.717) is 5.76 Å². The molecule has 1 heterocycles. The van der Waals surface area contributed by atoms with Gasteiger partial charge in [0.05, 0.1) is 13.4 Å². The second-order valence-corrected chi connectivity index (χ2v) is 6.02. The summed E-state index contributed by atoms with van der Waals surface area (Å²) in [6.45, 7) is 3.30. The molecular weight excluding hydrogens is 300 g/mol. The van der Waals surface area contributed by atoms with Crippen molar-refractivity contribution in [2.75, 3.05) is 7.11 Å². The topological polar surface area (TPSA) is 93.8 Å². The molecule has 0 aromatic carbocycles.